The lowest BCUT2D eigenvalue weighted by Gasteiger charge is -2.52. The molecule has 1 aromatic carbocycles. The summed E-state index contributed by atoms with van der Waals surface area (Å²) < 4.78 is 0. The minimum Gasteiger partial charge on any atom is -0.342 e. The molecule has 0 bridgehead atoms. The molecular weight excluding hydrogens is 398 g/mol. The van der Waals surface area contributed by atoms with Crippen molar-refractivity contribution in [3.05, 3.63) is 35.4 Å². The van der Waals surface area contributed by atoms with Crippen molar-refractivity contribution >= 4 is 11.8 Å². The molecule has 5 heteroatoms. The number of carbonyl (C=O) groups is 2. The Hall–Kier alpha value is -1.88. The maximum absolute atomic E-state index is 13.4. The van der Waals surface area contributed by atoms with Crippen LogP contribution in [0.1, 0.15) is 77.8 Å². The van der Waals surface area contributed by atoms with E-state index < -0.39 is 5.54 Å². The number of hydrogen-bond acceptors (Lipinski definition) is 3. The fourth-order valence-electron chi connectivity index (χ4n) is 5.24. The fraction of sp³-hybridized carbons (Fsp3) is 0.704. The van der Waals surface area contributed by atoms with Crippen molar-refractivity contribution in [1.82, 2.24) is 15.1 Å². The maximum Gasteiger partial charge on any atom is 0.246 e. The number of piperazine rings is 1. The highest BCUT2D eigenvalue weighted by molar-refractivity contribution is 6.00. The first kappa shape index (κ1) is 24.8. The van der Waals surface area contributed by atoms with E-state index in [1.165, 1.54) is 11.1 Å². The van der Waals surface area contributed by atoms with Crippen LogP contribution in [0.3, 0.4) is 0 Å². The Morgan fingerprint density at radius 3 is 2.19 bits per heavy atom. The summed E-state index contributed by atoms with van der Waals surface area (Å²) in [6.45, 7) is 14.1. The number of amides is 2. The van der Waals surface area contributed by atoms with Crippen LogP contribution in [0.25, 0.3) is 0 Å². The number of rotatable bonds is 9. The molecule has 1 N–H and O–H groups in total. The summed E-state index contributed by atoms with van der Waals surface area (Å²) in [4.78, 5) is 31.1. The van der Waals surface area contributed by atoms with Gasteiger partial charge in [0.1, 0.15) is 11.6 Å². The van der Waals surface area contributed by atoms with Gasteiger partial charge >= 0.3 is 0 Å². The van der Waals surface area contributed by atoms with Crippen molar-refractivity contribution in [2.24, 2.45) is 11.8 Å². The average molecular weight is 442 g/mol. The molecule has 0 radical (unpaired) electrons. The fourth-order valence-corrected chi connectivity index (χ4v) is 5.24. The molecule has 2 saturated heterocycles. The quantitative estimate of drug-likeness (QED) is 0.618. The topological polar surface area (TPSA) is 52.7 Å². The molecule has 1 spiro atoms. The van der Waals surface area contributed by atoms with Crippen molar-refractivity contribution < 1.29 is 9.59 Å². The minimum absolute atomic E-state index is 0.0662. The van der Waals surface area contributed by atoms with Gasteiger partial charge in [0.25, 0.3) is 0 Å². The summed E-state index contributed by atoms with van der Waals surface area (Å²) in [7, 11) is 0. The Morgan fingerprint density at radius 1 is 1.00 bits per heavy atom. The number of nitrogens with one attached hydrogen (secondary N) is 1. The van der Waals surface area contributed by atoms with E-state index in [2.05, 4.69) is 69.1 Å². The Balaban J connectivity index is 1.66. The molecule has 2 amide bonds. The molecule has 0 unspecified atom stereocenters. The van der Waals surface area contributed by atoms with Gasteiger partial charge in [-0.2, -0.15) is 0 Å². The molecule has 32 heavy (non-hydrogen) atoms. The number of unbranched alkanes of at least 4 members (excludes halogenated alkanes) is 1. The standard InChI is InChI=1S/C27H43N3O2/c1-6-7-14-30-25(31)24(18-21(4)5)28-26(32)27(30)12-15-29(16-13-27)19-23-10-8-22(9-11-23)17-20(2)3/h8-11,20-21,24H,6-7,12-19H2,1-5H3,(H,28,32)/t24-/m0/s1. The van der Waals surface area contributed by atoms with Crippen LogP contribution in [0.2, 0.25) is 0 Å². The van der Waals surface area contributed by atoms with E-state index >= 15 is 0 Å². The van der Waals surface area contributed by atoms with Crippen LogP contribution in [0.4, 0.5) is 0 Å². The molecule has 3 rings (SSSR count). The van der Waals surface area contributed by atoms with Crippen LogP contribution in [-0.2, 0) is 22.6 Å². The van der Waals surface area contributed by atoms with E-state index in [9.17, 15) is 9.59 Å². The van der Waals surface area contributed by atoms with Gasteiger partial charge in [-0.3, -0.25) is 14.5 Å². The second-order valence-corrected chi connectivity index (χ2v) is 10.7. The van der Waals surface area contributed by atoms with E-state index in [0.29, 0.717) is 37.6 Å². The predicted octanol–water partition coefficient (Wildman–Crippen LogP) is 4.39. The second-order valence-electron chi connectivity index (χ2n) is 10.7. The van der Waals surface area contributed by atoms with Crippen molar-refractivity contribution in [1.29, 1.82) is 0 Å². The van der Waals surface area contributed by atoms with Crippen LogP contribution in [-0.4, -0.2) is 52.8 Å². The van der Waals surface area contributed by atoms with Gasteiger partial charge < -0.3 is 10.2 Å². The first-order chi connectivity index (χ1) is 15.2. The van der Waals surface area contributed by atoms with Crippen molar-refractivity contribution in [2.45, 2.75) is 91.3 Å². The summed E-state index contributed by atoms with van der Waals surface area (Å²) in [5.74, 6) is 1.23. The van der Waals surface area contributed by atoms with Gasteiger partial charge in [-0.25, -0.2) is 0 Å². The minimum atomic E-state index is -0.669. The molecule has 0 saturated carbocycles. The number of benzene rings is 1. The van der Waals surface area contributed by atoms with Gasteiger partial charge in [-0.15, -0.1) is 0 Å². The Labute approximate surface area is 194 Å². The Morgan fingerprint density at radius 2 is 1.62 bits per heavy atom. The van der Waals surface area contributed by atoms with Crippen LogP contribution in [0.5, 0.6) is 0 Å². The van der Waals surface area contributed by atoms with Gasteiger partial charge in [0.15, 0.2) is 0 Å². The first-order valence-corrected chi connectivity index (χ1v) is 12.7. The van der Waals surface area contributed by atoms with Crippen LogP contribution >= 0.6 is 0 Å². The largest absolute Gasteiger partial charge is 0.342 e. The van der Waals surface area contributed by atoms with Gasteiger partial charge in [0, 0.05) is 26.2 Å². The molecular formula is C27H43N3O2. The van der Waals surface area contributed by atoms with Gasteiger partial charge in [-0.05, 0) is 55.1 Å². The number of nitrogens with zero attached hydrogens (tertiary/aromatic N) is 2. The lowest BCUT2D eigenvalue weighted by Crippen LogP contribution is -2.73. The third-order valence-electron chi connectivity index (χ3n) is 7.01. The normalized spacial score (nSPS) is 21.6. The van der Waals surface area contributed by atoms with Gasteiger partial charge in [0.2, 0.25) is 11.8 Å². The highest BCUT2D eigenvalue weighted by Crippen LogP contribution is 2.34. The third-order valence-corrected chi connectivity index (χ3v) is 7.01. The number of carbonyl (C=O) groups excluding carboxylic acids is 2. The predicted molar refractivity (Wildman–Crippen MR) is 130 cm³/mol. The van der Waals surface area contributed by atoms with E-state index in [4.69, 9.17) is 0 Å². The molecule has 2 fully saturated rings. The van der Waals surface area contributed by atoms with E-state index in [1.54, 1.807) is 0 Å². The molecule has 2 aliphatic heterocycles. The zero-order chi connectivity index (χ0) is 23.3. The summed E-state index contributed by atoms with van der Waals surface area (Å²) in [6, 6.07) is 8.60. The zero-order valence-electron chi connectivity index (χ0n) is 20.8. The number of likely N-dealkylation sites (tertiary alicyclic amines) is 1. The molecule has 1 aromatic rings. The summed E-state index contributed by atoms with van der Waals surface area (Å²) in [6.07, 6.45) is 5.22. The van der Waals surface area contributed by atoms with E-state index in [1.807, 2.05) is 4.90 Å². The zero-order valence-corrected chi connectivity index (χ0v) is 20.8. The lowest BCUT2D eigenvalue weighted by atomic mass is 9.80. The van der Waals surface area contributed by atoms with Crippen molar-refractivity contribution in [3.63, 3.8) is 0 Å². The molecule has 178 valence electrons. The monoisotopic (exact) mass is 441 g/mol. The molecule has 2 heterocycles. The van der Waals surface area contributed by atoms with Crippen molar-refractivity contribution in [2.75, 3.05) is 19.6 Å². The third kappa shape index (κ3) is 5.72. The van der Waals surface area contributed by atoms with E-state index in [-0.39, 0.29) is 17.9 Å². The SMILES string of the molecule is CCCCN1C(=O)[C@H](CC(C)C)NC(=O)C12CCN(Cc1ccc(CC(C)C)cc1)CC2. The molecule has 0 aromatic heterocycles. The van der Waals surface area contributed by atoms with Crippen LogP contribution in [0.15, 0.2) is 24.3 Å². The first-order valence-electron chi connectivity index (χ1n) is 12.7. The summed E-state index contributed by atoms with van der Waals surface area (Å²) >= 11 is 0. The molecule has 1 atom stereocenters. The highest BCUT2D eigenvalue weighted by atomic mass is 16.2. The molecule has 0 aliphatic carbocycles. The van der Waals surface area contributed by atoms with Crippen molar-refractivity contribution in [3.8, 4) is 0 Å². The Bertz CT molecular complexity index is 764. The van der Waals surface area contributed by atoms with Crippen LogP contribution < -0.4 is 5.32 Å². The maximum atomic E-state index is 13.4. The van der Waals surface area contributed by atoms with Gasteiger partial charge in [-0.1, -0.05) is 65.3 Å². The number of piperidine rings is 1. The lowest BCUT2D eigenvalue weighted by molar-refractivity contribution is -0.161. The van der Waals surface area contributed by atoms with E-state index in [0.717, 1.165) is 38.9 Å². The molecule has 2 aliphatic rings. The summed E-state index contributed by atoms with van der Waals surface area (Å²) in [5, 5.41) is 3.10. The summed E-state index contributed by atoms with van der Waals surface area (Å²) in [5.41, 5.74) is 2.04. The molecule has 5 nitrogen and oxygen atoms in total. The number of hydrogen-bond donors (Lipinski definition) is 1. The van der Waals surface area contributed by atoms with Gasteiger partial charge in [0.05, 0.1) is 0 Å². The second kappa shape index (κ2) is 10.8. The average Bonchev–Trinajstić information content (AvgIpc) is 2.74. The Kier molecular flexibility index (Phi) is 8.37. The van der Waals surface area contributed by atoms with Crippen LogP contribution in [0, 0.1) is 11.8 Å². The smallest absolute Gasteiger partial charge is 0.246 e. The highest BCUT2D eigenvalue weighted by Gasteiger charge is 2.53.